The van der Waals surface area contributed by atoms with Gasteiger partial charge in [0.15, 0.2) is 5.69 Å². The van der Waals surface area contributed by atoms with Gasteiger partial charge in [-0.25, -0.2) is 14.6 Å². The van der Waals surface area contributed by atoms with Gasteiger partial charge in [-0.05, 0) is 20.8 Å². The van der Waals surface area contributed by atoms with Crippen LogP contribution in [0.1, 0.15) is 36.3 Å². The monoisotopic (exact) mass is 326 g/mol. The predicted octanol–water partition coefficient (Wildman–Crippen LogP) is 3.29. The molecule has 1 aromatic rings. The van der Waals surface area contributed by atoms with Crippen molar-refractivity contribution in [2.45, 2.75) is 39.0 Å². The number of carbonyl (C=O) groups is 2. The van der Waals surface area contributed by atoms with Crippen molar-refractivity contribution >= 4 is 28.4 Å². The van der Waals surface area contributed by atoms with E-state index in [1.165, 1.54) is 0 Å². The molecule has 1 rings (SSSR count). The van der Waals surface area contributed by atoms with Crippen LogP contribution >= 0.6 is 11.3 Å². The molecule has 0 saturated heterocycles. The highest BCUT2D eigenvalue weighted by Gasteiger charge is 2.31. The summed E-state index contributed by atoms with van der Waals surface area (Å²) in [6.07, 6.45) is -6.85. The topological polar surface area (TPSA) is 88.5 Å². The molecule has 0 unspecified atom stereocenters. The van der Waals surface area contributed by atoms with E-state index in [1.807, 2.05) is 0 Å². The summed E-state index contributed by atoms with van der Waals surface area (Å²) in [5.74, 6) is -1.54. The maximum absolute atomic E-state index is 12.3. The number of nitrogens with zero attached hydrogens (tertiary/aromatic N) is 1. The predicted molar refractivity (Wildman–Crippen MR) is 68.7 cm³/mol. The van der Waals surface area contributed by atoms with Crippen LogP contribution in [-0.4, -0.2) is 33.9 Å². The first-order valence-corrected chi connectivity index (χ1v) is 6.49. The van der Waals surface area contributed by atoms with Crippen molar-refractivity contribution in [3.05, 3.63) is 10.7 Å². The Hall–Kier alpha value is -1.84. The van der Waals surface area contributed by atoms with Gasteiger partial charge in [0.2, 0.25) is 0 Å². The molecule has 0 fully saturated rings. The highest BCUT2D eigenvalue weighted by molar-refractivity contribution is 7.16. The molecule has 0 saturated carbocycles. The summed E-state index contributed by atoms with van der Waals surface area (Å²) in [6, 6.07) is 0. The van der Waals surface area contributed by atoms with Gasteiger partial charge in [0, 0.05) is 0 Å². The molecule has 2 N–H and O–H groups in total. The zero-order valence-corrected chi connectivity index (χ0v) is 12.2. The van der Waals surface area contributed by atoms with E-state index >= 15 is 0 Å². The number of amides is 1. The van der Waals surface area contributed by atoms with Crippen molar-refractivity contribution in [2.75, 3.05) is 5.32 Å². The molecule has 1 amide bonds. The summed E-state index contributed by atoms with van der Waals surface area (Å²) in [4.78, 5) is 25.8. The zero-order valence-electron chi connectivity index (χ0n) is 11.4. The Morgan fingerprint density at radius 1 is 1.33 bits per heavy atom. The van der Waals surface area contributed by atoms with Crippen molar-refractivity contribution in [3.8, 4) is 0 Å². The van der Waals surface area contributed by atoms with Gasteiger partial charge in [-0.2, -0.15) is 13.2 Å². The minimum Gasteiger partial charge on any atom is -0.476 e. The van der Waals surface area contributed by atoms with Crippen LogP contribution < -0.4 is 5.32 Å². The van der Waals surface area contributed by atoms with Crippen LogP contribution in [0, 0.1) is 0 Å². The van der Waals surface area contributed by atoms with Crippen LogP contribution in [0.4, 0.5) is 23.0 Å². The number of rotatable bonds is 3. The maximum atomic E-state index is 12.3. The van der Waals surface area contributed by atoms with Crippen molar-refractivity contribution in [2.24, 2.45) is 0 Å². The molecule has 10 heteroatoms. The maximum Gasteiger partial charge on any atom is 0.412 e. The van der Waals surface area contributed by atoms with E-state index in [0.717, 1.165) is 0 Å². The number of alkyl halides is 3. The molecule has 21 heavy (non-hydrogen) atoms. The van der Waals surface area contributed by atoms with E-state index in [9.17, 15) is 22.8 Å². The highest BCUT2D eigenvalue weighted by atomic mass is 32.1. The van der Waals surface area contributed by atoms with Gasteiger partial charge in [-0.3, -0.25) is 5.32 Å². The fraction of sp³-hybridized carbons (Fsp3) is 0.545. The Labute approximate surface area is 121 Å². The number of hydrogen-bond donors (Lipinski definition) is 2. The quantitative estimate of drug-likeness (QED) is 0.890. The molecular formula is C11H13F3N2O4S. The number of carboxylic acid groups (broad SMARTS) is 1. The number of thiazole rings is 1. The largest absolute Gasteiger partial charge is 0.476 e. The Balaban J connectivity index is 2.95. The average Bonchev–Trinajstić information content (AvgIpc) is 2.54. The lowest BCUT2D eigenvalue weighted by Crippen LogP contribution is -2.27. The molecule has 1 aromatic heterocycles. The first-order chi connectivity index (χ1) is 9.37. The molecule has 0 aromatic carbocycles. The number of nitrogens with one attached hydrogen (secondary N) is 1. The first kappa shape index (κ1) is 17.2. The summed E-state index contributed by atoms with van der Waals surface area (Å²) in [5, 5.41) is 10.2. The van der Waals surface area contributed by atoms with Gasteiger partial charge >= 0.3 is 18.2 Å². The molecule has 0 aliphatic carbocycles. The molecule has 0 aliphatic heterocycles. The number of carbonyl (C=O) groups excluding carboxylic acids is 1. The van der Waals surface area contributed by atoms with E-state index < -0.39 is 41.0 Å². The van der Waals surface area contributed by atoms with Gasteiger partial charge in [0.25, 0.3) is 0 Å². The molecule has 118 valence electrons. The van der Waals surface area contributed by atoms with E-state index in [2.05, 4.69) is 10.3 Å². The zero-order chi connectivity index (χ0) is 16.4. The van der Waals surface area contributed by atoms with Gasteiger partial charge in [0.05, 0.1) is 6.42 Å². The lowest BCUT2D eigenvalue weighted by atomic mass is 10.2. The van der Waals surface area contributed by atoms with Crippen LogP contribution in [0.5, 0.6) is 0 Å². The summed E-state index contributed by atoms with van der Waals surface area (Å²) in [7, 11) is 0. The second-order valence-electron chi connectivity index (χ2n) is 5.01. The third-order valence-corrected chi connectivity index (χ3v) is 2.81. The molecule has 0 bridgehead atoms. The fourth-order valence-corrected chi connectivity index (χ4v) is 2.21. The Morgan fingerprint density at radius 3 is 2.33 bits per heavy atom. The van der Waals surface area contributed by atoms with Crippen LogP contribution in [0.2, 0.25) is 0 Å². The Morgan fingerprint density at radius 2 is 1.90 bits per heavy atom. The van der Waals surface area contributed by atoms with Crippen molar-refractivity contribution in [3.63, 3.8) is 0 Å². The van der Waals surface area contributed by atoms with Crippen LogP contribution in [0.25, 0.3) is 0 Å². The van der Waals surface area contributed by atoms with Crippen molar-refractivity contribution < 1.29 is 32.6 Å². The van der Waals surface area contributed by atoms with Crippen molar-refractivity contribution in [1.82, 2.24) is 4.98 Å². The smallest absolute Gasteiger partial charge is 0.412 e. The number of anilines is 1. The summed E-state index contributed by atoms with van der Waals surface area (Å²) < 4.78 is 41.7. The summed E-state index contributed by atoms with van der Waals surface area (Å²) in [6.45, 7) is 4.77. The van der Waals surface area contributed by atoms with E-state index in [0.29, 0.717) is 11.3 Å². The van der Waals surface area contributed by atoms with E-state index in [1.54, 1.807) is 20.8 Å². The molecule has 0 spiro atoms. The standard InChI is InChI=1S/C11H13F3N2O4S/c1-10(2,3)20-9(19)16-7-6(8(17)18)15-5(21-7)4-11(12,13)14/h4H2,1-3H3,(H,16,19)(H,17,18). The van der Waals surface area contributed by atoms with E-state index in [-0.39, 0.29) is 5.00 Å². The minimum absolute atomic E-state index is 0.295. The number of aromatic nitrogens is 1. The van der Waals surface area contributed by atoms with Gasteiger partial charge in [-0.15, -0.1) is 0 Å². The number of ether oxygens (including phenoxy) is 1. The SMILES string of the molecule is CC(C)(C)OC(=O)Nc1sc(CC(F)(F)F)nc1C(=O)O. The van der Waals surface area contributed by atoms with Gasteiger partial charge < -0.3 is 9.84 Å². The molecule has 0 aliphatic rings. The normalized spacial score (nSPS) is 12.1. The Kier molecular flexibility index (Phi) is 4.82. The molecule has 1 heterocycles. The second-order valence-corrected chi connectivity index (χ2v) is 6.09. The molecule has 0 atom stereocenters. The average molecular weight is 326 g/mol. The van der Waals surface area contributed by atoms with Crippen LogP contribution in [0.3, 0.4) is 0 Å². The number of halogens is 3. The van der Waals surface area contributed by atoms with E-state index in [4.69, 9.17) is 9.84 Å². The van der Waals surface area contributed by atoms with Crippen LogP contribution in [-0.2, 0) is 11.2 Å². The highest BCUT2D eigenvalue weighted by Crippen LogP contribution is 2.30. The number of carboxylic acids is 1. The first-order valence-electron chi connectivity index (χ1n) is 5.67. The second kappa shape index (κ2) is 5.88. The minimum atomic E-state index is -4.52. The van der Waals surface area contributed by atoms with Crippen LogP contribution in [0.15, 0.2) is 0 Å². The summed E-state index contributed by atoms with van der Waals surface area (Å²) >= 11 is 0.445. The Bertz CT molecular complexity index is 549. The van der Waals surface area contributed by atoms with Crippen molar-refractivity contribution in [1.29, 1.82) is 0 Å². The third kappa shape index (κ3) is 5.98. The third-order valence-electron chi connectivity index (χ3n) is 1.84. The lowest BCUT2D eigenvalue weighted by Gasteiger charge is -2.19. The molecular weight excluding hydrogens is 313 g/mol. The lowest BCUT2D eigenvalue weighted by molar-refractivity contribution is -0.127. The fourth-order valence-electron chi connectivity index (χ4n) is 1.24. The summed E-state index contributed by atoms with van der Waals surface area (Å²) in [5.41, 5.74) is -1.47. The number of hydrogen-bond acceptors (Lipinski definition) is 5. The molecule has 0 radical (unpaired) electrons. The number of aromatic carboxylic acids is 1. The van der Waals surface area contributed by atoms with Gasteiger partial charge in [-0.1, -0.05) is 11.3 Å². The van der Waals surface area contributed by atoms with Gasteiger partial charge in [0.1, 0.15) is 15.6 Å². The molecule has 6 nitrogen and oxygen atoms in total.